The molecule has 0 bridgehead atoms. The number of rotatable bonds is 4. The SMILES string of the molecule is ICC1(OCC2CCOCC2)CCCC1. The summed E-state index contributed by atoms with van der Waals surface area (Å²) >= 11 is 2.49. The van der Waals surface area contributed by atoms with Gasteiger partial charge in [-0.25, -0.2) is 0 Å². The van der Waals surface area contributed by atoms with Gasteiger partial charge in [-0.1, -0.05) is 35.4 Å². The van der Waals surface area contributed by atoms with Crippen LogP contribution in [0.3, 0.4) is 0 Å². The lowest BCUT2D eigenvalue weighted by Gasteiger charge is -2.31. The molecule has 0 N–H and O–H groups in total. The molecule has 0 aromatic rings. The molecule has 3 heteroatoms. The van der Waals surface area contributed by atoms with Gasteiger partial charge in [-0.15, -0.1) is 0 Å². The van der Waals surface area contributed by atoms with Crippen LogP contribution in [0.5, 0.6) is 0 Å². The molecule has 1 aliphatic carbocycles. The van der Waals surface area contributed by atoms with Gasteiger partial charge in [0.25, 0.3) is 0 Å². The molecule has 0 amide bonds. The smallest absolute Gasteiger partial charge is 0.0771 e. The molecule has 1 saturated carbocycles. The fourth-order valence-electron chi connectivity index (χ4n) is 2.54. The molecule has 1 saturated heterocycles. The van der Waals surface area contributed by atoms with E-state index in [0.717, 1.165) is 30.2 Å². The van der Waals surface area contributed by atoms with Crippen LogP contribution in [-0.4, -0.2) is 29.8 Å². The predicted octanol–water partition coefficient (Wildman–Crippen LogP) is 3.18. The van der Waals surface area contributed by atoms with Crippen molar-refractivity contribution < 1.29 is 9.47 Å². The van der Waals surface area contributed by atoms with Gasteiger partial charge in [0.2, 0.25) is 0 Å². The highest BCUT2D eigenvalue weighted by Gasteiger charge is 2.34. The Morgan fingerprint density at radius 2 is 1.87 bits per heavy atom. The van der Waals surface area contributed by atoms with E-state index in [1.165, 1.54) is 38.5 Å². The number of hydrogen-bond donors (Lipinski definition) is 0. The molecule has 1 aliphatic heterocycles. The van der Waals surface area contributed by atoms with E-state index in [4.69, 9.17) is 9.47 Å². The average Bonchev–Trinajstić information content (AvgIpc) is 2.77. The lowest BCUT2D eigenvalue weighted by molar-refractivity contribution is -0.0569. The summed E-state index contributed by atoms with van der Waals surface area (Å²) in [6.07, 6.45) is 7.65. The summed E-state index contributed by atoms with van der Waals surface area (Å²) < 4.78 is 12.7. The van der Waals surface area contributed by atoms with Crippen molar-refractivity contribution in [2.75, 3.05) is 24.2 Å². The van der Waals surface area contributed by atoms with Gasteiger partial charge in [-0.3, -0.25) is 0 Å². The van der Waals surface area contributed by atoms with Gasteiger partial charge in [-0.2, -0.15) is 0 Å². The molecule has 0 spiro atoms. The Labute approximate surface area is 106 Å². The van der Waals surface area contributed by atoms with Crippen molar-refractivity contribution in [2.45, 2.75) is 44.1 Å². The van der Waals surface area contributed by atoms with Gasteiger partial charge in [0.1, 0.15) is 0 Å². The molecule has 1 heterocycles. The Balaban J connectivity index is 1.75. The monoisotopic (exact) mass is 324 g/mol. The van der Waals surface area contributed by atoms with Gasteiger partial charge in [0, 0.05) is 17.6 Å². The van der Waals surface area contributed by atoms with Crippen LogP contribution in [0.25, 0.3) is 0 Å². The van der Waals surface area contributed by atoms with Crippen LogP contribution in [0.1, 0.15) is 38.5 Å². The molecule has 2 rings (SSSR count). The second-order valence-electron chi connectivity index (χ2n) is 4.89. The summed E-state index contributed by atoms with van der Waals surface area (Å²) in [5.41, 5.74) is 0.235. The third-order valence-electron chi connectivity index (χ3n) is 3.72. The van der Waals surface area contributed by atoms with Gasteiger partial charge < -0.3 is 9.47 Å². The summed E-state index contributed by atoms with van der Waals surface area (Å²) in [5.74, 6) is 0.749. The molecule has 2 fully saturated rings. The van der Waals surface area contributed by atoms with E-state index in [1.54, 1.807) is 0 Å². The molecule has 0 radical (unpaired) electrons. The van der Waals surface area contributed by atoms with Crippen LogP contribution < -0.4 is 0 Å². The van der Waals surface area contributed by atoms with Crippen molar-refractivity contribution in [1.29, 1.82) is 0 Å². The first kappa shape index (κ1) is 12.1. The Morgan fingerprint density at radius 1 is 1.20 bits per heavy atom. The van der Waals surface area contributed by atoms with Gasteiger partial charge in [0.15, 0.2) is 0 Å². The van der Waals surface area contributed by atoms with Crippen molar-refractivity contribution >= 4 is 22.6 Å². The van der Waals surface area contributed by atoms with Crippen molar-refractivity contribution in [2.24, 2.45) is 5.92 Å². The molecule has 2 aliphatic rings. The minimum atomic E-state index is 0.235. The van der Waals surface area contributed by atoms with Gasteiger partial charge >= 0.3 is 0 Å². The van der Waals surface area contributed by atoms with E-state index in [1.807, 2.05) is 0 Å². The third-order valence-corrected chi connectivity index (χ3v) is 5.11. The van der Waals surface area contributed by atoms with Crippen molar-refractivity contribution in [1.82, 2.24) is 0 Å². The van der Waals surface area contributed by atoms with E-state index in [9.17, 15) is 0 Å². The maximum atomic E-state index is 6.22. The first-order chi connectivity index (χ1) is 7.35. The third kappa shape index (κ3) is 3.30. The lowest BCUT2D eigenvalue weighted by atomic mass is 10.0. The first-order valence-electron chi connectivity index (χ1n) is 6.12. The molecular formula is C12H21IO2. The van der Waals surface area contributed by atoms with Crippen molar-refractivity contribution in [3.63, 3.8) is 0 Å². The molecule has 15 heavy (non-hydrogen) atoms. The van der Waals surface area contributed by atoms with E-state index in [-0.39, 0.29) is 5.60 Å². The van der Waals surface area contributed by atoms with Gasteiger partial charge in [0.05, 0.1) is 12.2 Å². The Morgan fingerprint density at radius 3 is 2.47 bits per heavy atom. The molecule has 0 aromatic heterocycles. The first-order valence-corrected chi connectivity index (χ1v) is 7.65. The molecular weight excluding hydrogens is 303 g/mol. The molecule has 0 unspecified atom stereocenters. The molecule has 2 nitrogen and oxygen atoms in total. The number of ether oxygens (including phenoxy) is 2. The van der Waals surface area contributed by atoms with Crippen molar-refractivity contribution in [3.8, 4) is 0 Å². The summed E-state index contributed by atoms with van der Waals surface area (Å²) in [7, 11) is 0. The largest absolute Gasteiger partial charge is 0.381 e. The summed E-state index contributed by atoms with van der Waals surface area (Å²) in [4.78, 5) is 0. The zero-order valence-electron chi connectivity index (χ0n) is 9.34. The number of alkyl halides is 1. The van der Waals surface area contributed by atoms with Crippen LogP contribution in [0.4, 0.5) is 0 Å². The highest BCUT2D eigenvalue weighted by molar-refractivity contribution is 14.1. The van der Waals surface area contributed by atoms with Crippen molar-refractivity contribution in [3.05, 3.63) is 0 Å². The molecule has 0 aromatic carbocycles. The second-order valence-corrected chi connectivity index (χ2v) is 5.65. The van der Waals surface area contributed by atoms with Crippen LogP contribution in [0.2, 0.25) is 0 Å². The highest BCUT2D eigenvalue weighted by Crippen LogP contribution is 2.35. The normalized spacial score (nSPS) is 27.0. The van der Waals surface area contributed by atoms with E-state index in [0.29, 0.717) is 0 Å². The highest BCUT2D eigenvalue weighted by atomic mass is 127. The van der Waals surface area contributed by atoms with Crippen LogP contribution in [0, 0.1) is 5.92 Å². The molecule has 88 valence electrons. The van der Waals surface area contributed by atoms with E-state index in [2.05, 4.69) is 22.6 Å². The lowest BCUT2D eigenvalue weighted by Crippen LogP contribution is -2.34. The maximum Gasteiger partial charge on any atom is 0.0771 e. The molecule has 0 atom stereocenters. The maximum absolute atomic E-state index is 6.22. The van der Waals surface area contributed by atoms with Crippen LogP contribution in [0.15, 0.2) is 0 Å². The summed E-state index contributed by atoms with van der Waals surface area (Å²) in [5, 5.41) is 0. The Kier molecular flexibility index (Phi) is 4.70. The second kappa shape index (κ2) is 5.82. The van der Waals surface area contributed by atoms with Crippen LogP contribution >= 0.6 is 22.6 Å². The average molecular weight is 324 g/mol. The van der Waals surface area contributed by atoms with E-state index >= 15 is 0 Å². The zero-order valence-corrected chi connectivity index (χ0v) is 11.5. The van der Waals surface area contributed by atoms with Crippen LogP contribution in [-0.2, 0) is 9.47 Å². The fraction of sp³-hybridized carbons (Fsp3) is 1.00. The van der Waals surface area contributed by atoms with E-state index < -0.39 is 0 Å². The summed E-state index contributed by atoms with van der Waals surface area (Å²) in [6.45, 7) is 2.84. The van der Waals surface area contributed by atoms with Gasteiger partial charge in [-0.05, 0) is 31.6 Å². The Hall–Kier alpha value is 0.650. The predicted molar refractivity (Wildman–Crippen MR) is 69.6 cm³/mol. The quantitative estimate of drug-likeness (QED) is 0.584. The number of hydrogen-bond acceptors (Lipinski definition) is 2. The number of halogens is 1. The fourth-order valence-corrected chi connectivity index (χ4v) is 3.53. The zero-order chi connectivity index (χ0) is 10.6. The Bertz CT molecular complexity index is 184. The summed E-state index contributed by atoms with van der Waals surface area (Å²) in [6, 6.07) is 0. The topological polar surface area (TPSA) is 18.5 Å². The minimum Gasteiger partial charge on any atom is -0.381 e. The minimum absolute atomic E-state index is 0.235. The standard InChI is InChI=1S/C12H21IO2/c13-10-12(5-1-2-6-12)15-9-11-3-7-14-8-4-11/h11H,1-10H2.